The van der Waals surface area contributed by atoms with E-state index >= 15 is 0 Å². The van der Waals surface area contributed by atoms with Crippen molar-refractivity contribution in [2.45, 2.75) is 59.1 Å². The molecule has 1 heterocycles. The molecule has 0 amide bonds. The van der Waals surface area contributed by atoms with Crippen LogP contribution in [-0.2, 0) is 9.47 Å². The third kappa shape index (κ3) is 4.29. The van der Waals surface area contributed by atoms with Crippen LogP contribution in [0.25, 0.3) is 0 Å². The van der Waals surface area contributed by atoms with Crippen LogP contribution in [0.5, 0.6) is 0 Å². The van der Waals surface area contributed by atoms with Crippen LogP contribution in [0, 0.1) is 5.41 Å². The Morgan fingerprint density at radius 3 is 2.61 bits per heavy atom. The summed E-state index contributed by atoms with van der Waals surface area (Å²) in [6, 6.07) is 0.162. The summed E-state index contributed by atoms with van der Waals surface area (Å²) in [6.07, 6.45) is 5.68. The van der Waals surface area contributed by atoms with Crippen molar-refractivity contribution in [3.8, 4) is 0 Å². The van der Waals surface area contributed by atoms with Gasteiger partial charge in [-0.2, -0.15) is 0 Å². The predicted molar refractivity (Wildman–Crippen MR) is 75.6 cm³/mol. The summed E-state index contributed by atoms with van der Waals surface area (Å²) in [5.74, 6) is 1.07. The van der Waals surface area contributed by atoms with Crippen molar-refractivity contribution >= 4 is 0 Å². The Kier molecular flexibility index (Phi) is 6.16. The molecule has 0 fully saturated rings. The maximum atomic E-state index is 5.83. The van der Waals surface area contributed by atoms with Gasteiger partial charge in [0.05, 0.1) is 18.8 Å². The third-order valence-electron chi connectivity index (χ3n) is 3.29. The molecule has 0 aromatic carbocycles. The third-order valence-corrected chi connectivity index (χ3v) is 3.29. The van der Waals surface area contributed by atoms with Crippen molar-refractivity contribution in [2.24, 2.45) is 5.41 Å². The number of nitrogens with one attached hydrogen (secondary N) is 1. The topological polar surface area (TPSA) is 30.5 Å². The second-order valence-corrected chi connectivity index (χ2v) is 6.05. The first-order valence-corrected chi connectivity index (χ1v) is 7.09. The SMILES string of the molecule is CCCNC(C1=CCCCO1)C(OC)C(C)(C)C. The average molecular weight is 255 g/mol. The molecule has 0 saturated carbocycles. The summed E-state index contributed by atoms with van der Waals surface area (Å²) in [5.41, 5.74) is 0.0851. The molecule has 1 N–H and O–H groups in total. The molecule has 3 heteroatoms. The summed E-state index contributed by atoms with van der Waals surface area (Å²) in [6.45, 7) is 10.6. The Hall–Kier alpha value is -0.540. The fourth-order valence-electron chi connectivity index (χ4n) is 2.44. The fraction of sp³-hybridized carbons (Fsp3) is 0.867. The zero-order valence-electron chi connectivity index (χ0n) is 12.6. The number of rotatable bonds is 6. The number of allylic oxidation sites excluding steroid dienone is 1. The van der Waals surface area contributed by atoms with Gasteiger partial charge in [0.15, 0.2) is 0 Å². The van der Waals surface area contributed by atoms with Crippen LogP contribution in [-0.4, -0.2) is 32.4 Å². The largest absolute Gasteiger partial charge is 0.496 e. The van der Waals surface area contributed by atoms with Gasteiger partial charge in [-0.25, -0.2) is 0 Å². The summed E-state index contributed by atoms with van der Waals surface area (Å²) < 4.78 is 11.6. The molecule has 2 atom stereocenters. The van der Waals surface area contributed by atoms with Crippen molar-refractivity contribution in [2.75, 3.05) is 20.3 Å². The first-order valence-electron chi connectivity index (χ1n) is 7.09. The van der Waals surface area contributed by atoms with E-state index in [2.05, 4.69) is 39.1 Å². The monoisotopic (exact) mass is 255 g/mol. The van der Waals surface area contributed by atoms with Crippen LogP contribution in [0.3, 0.4) is 0 Å². The summed E-state index contributed by atoms with van der Waals surface area (Å²) >= 11 is 0. The van der Waals surface area contributed by atoms with Crippen molar-refractivity contribution in [1.29, 1.82) is 0 Å². The second kappa shape index (κ2) is 7.15. The molecule has 0 radical (unpaired) electrons. The van der Waals surface area contributed by atoms with Crippen molar-refractivity contribution < 1.29 is 9.47 Å². The molecule has 0 saturated heterocycles. The van der Waals surface area contributed by atoms with Crippen LogP contribution in [0.2, 0.25) is 0 Å². The van der Waals surface area contributed by atoms with Crippen LogP contribution in [0.4, 0.5) is 0 Å². The normalized spacial score (nSPS) is 19.9. The van der Waals surface area contributed by atoms with Crippen LogP contribution in [0.1, 0.15) is 47.0 Å². The highest BCUT2D eigenvalue weighted by atomic mass is 16.5. The van der Waals surface area contributed by atoms with E-state index in [0.29, 0.717) is 0 Å². The minimum absolute atomic E-state index is 0.0851. The summed E-state index contributed by atoms with van der Waals surface area (Å²) in [7, 11) is 1.79. The average Bonchev–Trinajstić information content (AvgIpc) is 2.34. The molecule has 0 spiro atoms. The van der Waals surface area contributed by atoms with E-state index in [1.165, 1.54) is 0 Å². The van der Waals surface area contributed by atoms with Gasteiger partial charge < -0.3 is 14.8 Å². The van der Waals surface area contributed by atoms with Gasteiger partial charge >= 0.3 is 0 Å². The smallest absolute Gasteiger partial charge is 0.112 e. The van der Waals surface area contributed by atoms with Crippen molar-refractivity contribution in [1.82, 2.24) is 5.32 Å². The van der Waals surface area contributed by atoms with E-state index in [1.54, 1.807) is 7.11 Å². The Morgan fingerprint density at radius 1 is 1.44 bits per heavy atom. The second-order valence-electron chi connectivity index (χ2n) is 6.05. The first-order chi connectivity index (χ1) is 8.50. The van der Waals surface area contributed by atoms with Crippen LogP contribution >= 0.6 is 0 Å². The minimum Gasteiger partial charge on any atom is -0.496 e. The summed E-state index contributed by atoms with van der Waals surface area (Å²) in [4.78, 5) is 0. The van der Waals surface area contributed by atoms with Gasteiger partial charge in [-0.1, -0.05) is 27.7 Å². The zero-order valence-corrected chi connectivity index (χ0v) is 12.6. The lowest BCUT2D eigenvalue weighted by Gasteiger charge is -2.38. The van der Waals surface area contributed by atoms with Crippen molar-refractivity contribution in [3.63, 3.8) is 0 Å². The molecule has 2 unspecified atom stereocenters. The molecular weight excluding hydrogens is 226 g/mol. The van der Waals surface area contributed by atoms with E-state index in [0.717, 1.165) is 38.2 Å². The van der Waals surface area contributed by atoms with E-state index in [-0.39, 0.29) is 17.6 Å². The number of methoxy groups -OCH3 is 1. The first kappa shape index (κ1) is 15.5. The molecule has 0 bridgehead atoms. The Morgan fingerprint density at radius 2 is 2.17 bits per heavy atom. The molecule has 106 valence electrons. The lowest BCUT2D eigenvalue weighted by molar-refractivity contribution is -0.0182. The lowest BCUT2D eigenvalue weighted by atomic mass is 9.83. The van der Waals surface area contributed by atoms with Gasteiger partial charge in [-0.15, -0.1) is 0 Å². The van der Waals surface area contributed by atoms with Gasteiger partial charge in [0.1, 0.15) is 5.76 Å². The quantitative estimate of drug-likeness (QED) is 0.791. The Labute approximate surface area is 112 Å². The van der Waals surface area contributed by atoms with Gasteiger partial charge in [-0.05, 0) is 37.3 Å². The van der Waals surface area contributed by atoms with E-state index in [9.17, 15) is 0 Å². The maximum Gasteiger partial charge on any atom is 0.112 e. The molecule has 0 aliphatic carbocycles. The highest BCUT2D eigenvalue weighted by Gasteiger charge is 2.35. The Balaban J connectivity index is 2.84. The zero-order chi connectivity index (χ0) is 13.6. The van der Waals surface area contributed by atoms with Crippen LogP contribution in [0.15, 0.2) is 11.8 Å². The van der Waals surface area contributed by atoms with Gasteiger partial charge in [0.2, 0.25) is 0 Å². The maximum absolute atomic E-state index is 5.83. The lowest BCUT2D eigenvalue weighted by Crippen LogP contribution is -2.49. The minimum atomic E-state index is 0.0851. The highest BCUT2D eigenvalue weighted by molar-refractivity contribution is 5.10. The predicted octanol–water partition coefficient (Wildman–Crippen LogP) is 3.11. The molecular formula is C15H29NO2. The number of ether oxygens (including phenoxy) is 2. The number of hydrogen-bond donors (Lipinski definition) is 1. The molecule has 1 aliphatic rings. The molecule has 0 aromatic heterocycles. The highest BCUT2D eigenvalue weighted by Crippen LogP contribution is 2.29. The molecule has 1 aliphatic heterocycles. The van der Waals surface area contributed by atoms with Crippen molar-refractivity contribution in [3.05, 3.63) is 11.8 Å². The van der Waals surface area contributed by atoms with Gasteiger partial charge in [-0.3, -0.25) is 0 Å². The van der Waals surface area contributed by atoms with Gasteiger partial charge in [0.25, 0.3) is 0 Å². The molecule has 3 nitrogen and oxygen atoms in total. The number of hydrogen-bond acceptors (Lipinski definition) is 3. The molecule has 1 rings (SSSR count). The van der Waals surface area contributed by atoms with Gasteiger partial charge in [0, 0.05) is 7.11 Å². The molecule has 0 aromatic rings. The standard InChI is InChI=1S/C15H29NO2/c1-6-10-16-13(12-9-7-8-11-18-12)14(17-5)15(2,3)4/h9,13-14,16H,6-8,10-11H2,1-5H3. The van der Waals surface area contributed by atoms with E-state index in [1.807, 2.05) is 0 Å². The fourth-order valence-corrected chi connectivity index (χ4v) is 2.44. The van der Waals surface area contributed by atoms with E-state index in [4.69, 9.17) is 9.47 Å². The molecule has 18 heavy (non-hydrogen) atoms. The summed E-state index contributed by atoms with van der Waals surface area (Å²) in [5, 5.41) is 3.58. The van der Waals surface area contributed by atoms with E-state index < -0.39 is 0 Å². The Bertz CT molecular complexity index is 268. The van der Waals surface area contributed by atoms with Crippen LogP contribution < -0.4 is 5.32 Å².